The first kappa shape index (κ1) is 20.7. The lowest BCUT2D eigenvalue weighted by Gasteiger charge is -2.13. The topological polar surface area (TPSA) is 61.8 Å². The maximum absolute atomic E-state index is 5.63. The predicted molar refractivity (Wildman–Crippen MR) is 116 cm³/mol. The number of halogens is 1. The summed E-state index contributed by atoms with van der Waals surface area (Å²) in [4.78, 5) is 11.8. The van der Waals surface area contributed by atoms with Gasteiger partial charge in [0.25, 0.3) is 0 Å². The van der Waals surface area contributed by atoms with Crippen LogP contribution in [0.3, 0.4) is 0 Å². The van der Waals surface area contributed by atoms with Gasteiger partial charge in [-0.25, -0.2) is 4.98 Å². The molecule has 1 aromatic heterocycles. The van der Waals surface area contributed by atoms with E-state index in [2.05, 4.69) is 32.8 Å². The van der Waals surface area contributed by atoms with Gasteiger partial charge in [-0.15, -0.1) is 35.3 Å². The van der Waals surface area contributed by atoms with E-state index in [4.69, 9.17) is 9.72 Å². The molecule has 0 saturated carbocycles. The minimum absolute atomic E-state index is 0. The summed E-state index contributed by atoms with van der Waals surface area (Å²) in [5.41, 5.74) is 1.17. The van der Waals surface area contributed by atoms with Crippen LogP contribution >= 0.6 is 35.3 Å². The summed E-state index contributed by atoms with van der Waals surface area (Å²) in [6.45, 7) is 7.75. The molecule has 25 heavy (non-hydrogen) atoms. The molecular weight excluding hydrogens is 449 g/mol. The van der Waals surface area contributed by atoms with Crippen molar-refractivity contribution < 1.29 is 4.74 Å². The molecule has 3 heterocycles. The van der Waals surface area contributed by atoms with Crippen molar-refractivity contribution in [1.82, 2.24) is 15.6 Å². The van der Waals surface area contributed by atoms with Crippen LogP contribution < -0.4 is 15.5 Å². The van der Waals surface area contributed by atoms with Crippen LogP contribution in [0, 0.1) is 0 Å². The number of aliphatic imine (C=N–C) groups is 1. The van der Waals surface area contributed by atoms with E-state index in [1.165, 1.54) is 23.7 Å². The van der Waals surface area contributed by atoms with Crippen molar-refractivity contribution in [3.8, 4) is 0 Å². The zero-order valence-corrected chi connectivity index (χ0v) is 18.1. The van der Waals surface area contributed by atoms with Gasteiger partial charge in [0, 0.05) is 44.6 Å². The highest BCUT2D eigenvalue weighted by atomic mass is 127. The van der Waals surface area contributed by atoms with Crippen molar-refractivity contribution in [1.29, 1.82) is 0 Å². The lowest BCUT2D eigenvalue weighted by molar-refractivity contribution is 0.117. The summed E-state index contributed by atoms with van der Waals surface area (Å²) in [6, 6.07) is 0. The van der Waals surface area contributed by atoms with Gasteiger partial charge in [-0.05, 0) is 32.6 Å². The first-order valence-electron chi connectivity index (χ1n) is 9.18. The van der Waals surface area contributed by atoms with Gasteiger partial charge < -0.3 is 20.3 Å². The highest BCUT2D eigenvalue weighted by Gasteiger charge is 2.16. The summed E-state index contributed by atoms with van der Waals surface area (Å²) < 4.78 is 5.63. The maximum atomic E-state index is 5.63. The Bertz CT molecular complexity index is 527. The molecule has 1 unspecified atom stereocenters. The Balaban J connectivity index is 0.00000225. The molecule has 0 bridgehead atoms. The van der Waals surface area contributed by atoms with E-state index in [1.54, 1.807) is 11.3 Å². The Hall–Kier alpha value is -0.610. The molecule has 0 spiro atoms. The molecule has 1 atom stereocenters. The number of aromatic nitrogens is 1. The Morgan fingerprint density at radius 2 is 2.20 bits per heavy atom. The summed E-state index contributed by atoms with van der Waals surface area (Å²) in [5.74, 6) is 0.878. The van der Waals surface area contributed by atoms with Gasteiger partial charge in [-0.2, -0.15) is 0 Å². The molecule has 0 amide bonds. The average molecular weight is 479 g/mol. The van der Waals surface area contributed by atoms with Gasteiger partial charge in [0.15, 0.2) is 11.1 Å². The van der Waals surface area contributed by atoms with E-state index < -0.39 is 0 Å². The number of hydrogen-bond acceptors (Lipinski definition) is 5. The SMILES string of the molecule is CCNC(=NCC1CCCO1)NCCc1csc(N2CCCC2)n1.I. The van der Waals surface area contributed by atoms with E-state index in [9.17, 15) is 0 Å². The molecule has 0 radical (unpaired) electrons. The van der Waals surface area contributed by atoms with E-state index in [0.717, 1.165) is 64.6 Å². The van der Waals surface area contributed by atoms with Crippen LogP contribution in [0.1, 0.15) is 38.3 Å². The van der Waals surface area contributed by atoms with Crippen molar-refractivity contribution in [3.05, 3.63) is 11.1 Å². The average Bonchev–Trinajstić information content (AvgIpc) is 3.33. The van der Waals surface area contributed by atoms with E-state index in [-0.39, 0.29) is 24.0 Å². The largest absolute Gasteiger partial charge is 0.376 e. The molecule has 3 rings (SSSR count). The molecule has 2 aliphatic rings. The third kappa shape index (κ3) is 6.56. The molecule has 0 aromatic carbocycles. The third-order valence-electron chi connectivity index (χ3n) is 4.41. The van der Waals surface area contributed by atoms with Gasteiger partial charge in [0.2, 0.25) is 0 Å². The fourth-order valence-electron chi connectivity index (χ4n) is 3.10. The molecule has 1 aromatic rings. The molecule has 2 N–H and O–H groups in total. The monoisotopic (exact) mass is 479 g/mol. The van der Waals surface area contributed by atoms with Gasteiger partial charge in [-0.3, -0.25) is 4.99 Å². The Morgan fingerprint density at radius 1 is 1.36 bits per heavy atom. The van der Waals surface area contributed by atoms with Gasteiger partial charge in [-0.1, -0.05) is 0 Å². The third-order valence-corrected chi connectivity index (χ3v) is 5.36. The fourth-order valence-corrected chi connectivity index (χ4v) is 4.01. The van der Waals surface area contributed by atoms with Gasteiger partial charge in [0.1, 0.15) is 0 Å². The molecule has 2 saturated heterocycles. The number of ether oxygens (including phenoxy) is 1. The number of anilines is 1. The van der Waals surface area contributed by atoms with Crippen molar-refractivity contribution in [2.45, 2.75) is 45.1 Å². The smallest absolute Gasteiger partial charge is 0.191 e. The van der Waals surface area contributed by atoms with Crippen molar-refractivity contribution in [2.24, 2.45) is 4.99 Å². The van der Waals surface area contributed by atoms with E-state index in [0.29, 0.717) is 6.10 Å². The molecule has 2 aliphatic heterocycles. The molecule has 142 valence electrons. The Morgan fingerprint density at radius 3 is 2.92 bits per heavy atom. The number of guanidine groups is 1. The second kappa shape index (κ2) is 11.2. The van der Waals surface area contributed by atoms with E-state index >= 15 is 0 Å². The zero-order chi connectivity index (χ0) is 16.6. The molecule has 0 aliphatic carbocycles. The summed E-state index contributed by atoms with van der Waals surface area (Å²) in [6.07, 6.45) is 6.10. The lowest BCUT2D eigenvalue weighted by Crippen LogP contribution is -2.39. The van der Waals surface area contributed by atoms with Crippen LogP contribution in [-0.2, 0) is 11.2 Å². The highest BCUT2D eigenvalue weighted by molar-refractivity contribution is 14.0. The number of nitrogens with zero attached hydrogens (tertiary/aromatic N) is 3. The van der Waals surface area contributed by atoms with Crippen LogP contribution in [0.15, 0.2) is 10.4 Å². The second-order valence-corrected chi connectivity index (χ2v) is 7.18. The van der Waals surface area contributed by atoms with Crippen LogP contribution in [-0.4, -0.2) is 56.4 Å². The van der Waals surface area contributed by atoms with Crippen molar-refractivity contribution in [2.75, 3.05) is 44.2 Å². The summed E-state index contributed by atoms with van der Waals surface area (Å²) in [5, 5.41) is 10.1. The normalized spacial score (nSPS) is 20.6. The molecule has 6 nitrogen and oxygen atoms in total. The summed E-state index contributed by atoms with van der Waals surface area (Å²) >= 11 is 1.77. The van der Waals surface area contributed by atoms with Crippen LogP contribution in [0.5, 0.6) is 0 Å². The molecular formula is C17H30IN5OS. The second-order valence-electron chi connectivity index (χ2n) is 6.35. The van der Waals surface area contributed by atoms with Crippen molar-refractivity contribution >= 4 is 46.4 Å². The maximum Gasteiger partial charge on any atom is 0.191 e. The van der Waals surface area contributed by atoms with Crippen LogP contribution in [0.2, 0.25) is 0 Å². The van der Waals surface area contributed by atoms with Crippen LogP contribution in [0.4, 0.5) is 5.13 Å². The number of nitrogens with one attached hydrogen (secondary N) is 2. The first-order chi connectivity index (χ1) is 11.8. The number of hydrogen-bond donors (Lipinski definition) is 2. The number of thiazole rings is 1. The molecule has 8 heteroatoms. The minimum atomic E-state index is 0. The van der Waals surface area contributed by atoms with Crippen LogP contribution in [0.25, 0.3) is 0 Å². The standard InChI is InChI=1S/C17H29N5OS.HI/c1-2-18-16(20-12-15-6-5-11-23-15)19-8-7-14-13-24-17(21-14)22-9-3-4-10-22;/h13,15H,2-12H2,1H3,(H2,18,19,20);1H. The predicted octanol–water partition coefficient (Wildman–Crippen LogP) is 2.64. The van der Waals surface area contributed by atoms with Gasteiger partial charge >= 0.3 is 0 Å². The van der Waals surface area contributed by atoms with Gasteiger partial charge in [0.05, 0.1) is 18.3 Å². The Labute approximate surface area is 171 Å². The summed E-state index contributed by atoms with van der Waals surface area (Å²) in [7, 11) is 0. The first-order valence-corrected chi connectivity index (χ1v) is 10.1. The highest BCUT2D eigenvalue weighted by Crippen LogP contribution is 2.24. The quantitative estimate of drug-likeness (QED) is 0.358. The number of rotatable bonds is 7. The minimum Gasteiger partial charge on any atom is -0.376 e. The Kier molecular flexibility index (Phi) is 9.25. The molecule has 2 fully saturated rings. The van der Waals surface area contributed by atoms with E-state index in [1.807, 2.05) is 0 Å². The lowest BCUT2D eigenvalue weighted by atomic mass is 10.2. The zero-order valence-electron chi connectivity index (χ0n) is 15.0. The fraction of sp³-hybridized carbons (Fsp3) is 0.765. The van der Waals surface area contributed by atoms with Crippen molar-refractivity contribution in [3.63, 3.8) is 0 Å².